The first-order chi connectivity index (χ1) is 15.7. The number of carbonyl (C=O) groups is 1. The third-order valence-electron chi connectivity index (χ3n) is 6.99. The van der Waals surface area contributed by atoms with E-state index in [2.05, 4.69) is 14.9 Å². The minimum absolute atomic E-state index is 0.164. The van der Waals surface area contributed by atoms with Gasteiger partial charge in [-0.15, -0.1) is 0 Å². The highest BCUT2D eigenvalue weighted by Gasteiger charge is 2.46. The van der Waals surface area contributed by atoms with Gasteiger partial charge in [0.15, 0.2) is 0 Å². The molecule has 5 rings (SSSR count). The Morgan fingerprint density at radius 3 is 2.53 bits per heavy atom. The Labute approximate surface area is 188 Å². The van der Waals surface area contributed by atoms with Crippen LogP contribution < -0.4 is 4.90 Å². The number of amides is 1. The molecule has 1 amide bonds. The van der Waals surface area contributed by atoms with Crippen LogP contribution in [0.15, 0.2) is 54.9 Å². The standard InChI is InChI=1S/C25H28N6O/c26-16-19(20-6-3-4-12-27-20)18-31-13-5-9-25(24(31)32)10-14-30(15-11-25)23-17-28-21-7-1-2-8-22(21)29-23/h1-4,6-8,12,16-17,19,26H,5,9-11,13-15,18H2. The lowest BCUT2D eigenvalue weighted by atomic mass is 9.71. The highest BCUT2D eigenvalue weighted by atomic mass is 16.2. The molecular formula is C25H28N6O. The number of nitrogens with one attached hydrogen (secondary N) is 1. The number of benzene rings is 1. The van der Waals surface area contributed by atoms with Gasteiger partial charge in [-0.3, -0.25) is 14.8 Å². The van der Waals surface area contributed by atoms with Crippen molar-refractivity contribution in [3.05, 3.63) is 60.6 Å². The summed E-state index contributed by atoms with van der Waals surface area (Å²) in [5.74, 6) is 0.969. The van der Waals surface area contributed by atoms with E-state index in [4.69, 9.17) is 10.4 Å². The van der Waals surface area contributed by atoms with Crippen molar-refractivity contribution in [3.63, 3.8) is 0 Å². The van der Waals surface area contributed by atoms with E-state index in [-0.39, 0.29) is 17.2 Å². The van der Waals surface area contributed by atoms with E-state index >= 15 is 0 Å². The summed E-state index contributed by atoms with van der Waals surface area (Å²) in [4.78, 5) is 31.6. The average Bonchev–Trinajstić information content (AvgIpc) is 2.86. The molecule has 1 aromatic carbocycles. The van der Waals surface area contributed by atoms with Crippen LogP contribution in [-0.4, -0.2) is 58.2 Å². The van der Waals surface area contributed by atoms with Gasteiger partial charge in [0, 0.05) is 38.6 Å². The van der Waals surface area contributed by atoms with Gasteiger partial charge in [0.25, 0.3) is 0 Å². The molecule has 1 atom stereocenters. The summed E-state index contributed by atoms with van der Waals surface area (Å²) < 4.78 is 0. The van der Waals surface area contributed by atoms with E-state index in [0.29, 0.717) is 6.54 Å². The van der Waals surface area contributed by atoms with Crippen molar-refractivity contribution in [1.29, 1.82) is 5.41 Å². The zero-order chi connectivity index (χ0) is 22.0. The molecule has 2 saturated heterocycles. The number of fused-ring (bicyclic) bond motifs is 1. The van der Waals surface area contributed by atoms with Crippen LogP contribution in [0.4, 0.5) is 5.82 Å². The molecule has 0 radical (unpaired) electrons. The zero-order valence-corrected chi connectivity index (χ0v) is 18.2. The molecule has 2 aliphatic heterocycles. The molecule has 1 N–H and O–H groups in total. The SMILES string of the molecule is N=CC(CN1CCCC2(CCN(c3cnc4ccccc4n3)CC2)C1=O)c1ccccn1. The molecule has 2 aromatic heterocycles. The molecule has 4 heterocycles. The van der Waals surface area contributed by atoms with Gasteiger partial charge in [0.05, 0.1) is 34.3 Å². The van der Waals surface area contributed by atoms with Crippen LogP contribution in [0.5, 0.6) is 0 Å². The molecule has 2 aliphatic rings. The highest BCUT2D eigenvalue weighted by molar-refractivity contribution is 5.84. The molecule has 0 saturated carbocycles. The Kier molecular flexibility index (Phi) is 5.55. The number of likely N-dealkylation sites (tertiary alicyclic amines) is 1. The lowest BCUT2D eigenvalue weighted by molar-refractivity contribution is -0.148. The molecule has 2 fully saturated rings. The summed E-state index contributed by atoms with van der Waals surface area (Å²) in [6.45, 7) is 2.90. The van der Waals surface area contributed by atoms with Crippen molar-refractivity contribution < 1.29 is 4.79 Å². The summed E-state index contributed by atoms with van der Waals surface area (Å²) in [5, 5.41) is 7.87. The number of carbonyl (C=O) groups excluding carboxylic acids is 1. The fourth-order valence-electron chi connectivity index (χ4n) is 5.12. The van der Waals surface area contributed by atoms with Crippen molar-refractivity contribution in [1.82, 2.24) is 19.9 Å². The number of aromatic nitrogens is 3. The summed E-state index contributed by atoms with van der Waals surface area (Å²) >= 11 is 0. The van der Waals surface area contributed by atoms with Crippen LogP contribution >= 0.6 is 0 Å². The summed E-state index contributed by atoms with van der Waals surface area (Å²) in [5.41, 5.74) is 2.35. The van der Waals surface area contributed by atoms with Crippen molar-refractivity contribution in [2.45, 2.75) is 31.6 Å². The smallest absolute Gasteiger partial charge is 0.228 e. The lowest BCUT2D eigenvalue weighted by Crippen LogP contribution is -2.54. The molecule has 7 heteroatoms. The minimum Gasteiger partial charge on any atom is -0.355 e. The molecule has 0 aliphatic carbocycles. The number of anilines is 1. The second kappa shape index (κ2) is 8.65. The van der Waals surface area contributed by atoms with Gasteiger partial charge in [0.2, 0.25) is 5.91 Å². The third-order valence-corrected chi connectivity index (χ3v) is 6.99. The highest BCUT2D eigenvalue weighted by Crippen LogP contribution is 2.42. The second-order valence-electron chi connectivity index (χ2n) is 8.87. The van der Waals surface area contributed by atoms with Crippen LogP contribution in [0.2, 0.25) is 0 Å². The fourth-order valence-corrected chi connectivity index (χ4v) is 5.12. The maximum absolute atomic E-state index is 13.6. The van der Waals surface area contributed by atoms with E-state index in [1.165, 1.54) is 6.21 Å². The lowest BCUT2D eigenvalue weighted by Gasteiger charge is -2.47. The average molecular weight is 429 g/mol. The van der Waals surface area contributed by atoms with Crippen LogP contribution in [0.3, 0.4) is 0 Å². The predicted octanol–water partition coefficient (Wildman–Crippen LogP) is 3.67. The van der Waals surface area contributed by atoms with Crippen molar-refractivity contribution in [2.24, 2.45) is 5.41 Å². The normalized spacial score (nSPS) is 19.3. The Morgan fingerprint density at radius 1 is 1.00 bits per heavy atom. The molecule has 164 valence electrons. The topological polar surface area (TPSA) is 86.1 Å². The Bertz CT molecular complexity index is 1110. The maximum atomic E-state index is 13.6. The quantitative estimate of drug-likeness (QED) is 0.627. The fraction of sp³-hybridized carbons (Fsp3) is 0.400. The van der Waals surface area contributed by atoms with Crippen LogP contribution in [-0.2, 0) is 4.79 Å². The molecule has 0 bridgehead atoms. The van der Waals surface area contributed by atoms with Crippen LogP contribution in [0.25, 0.3) is 11.0 Å². The van der Waals surface area contributed by atoms with E-state index < -0.39 is 0 Å². The maximum Gasteiger partial charge on any atom is 0.228 e. The van der Waals surface area contributed by atoms with Crippen molar-refractivity contribution in [2.75, 3.05) is 31.1 Å². The number of nitrogens with zero attached hydrogens (tertiary/aromatic N) is 5. The van der Waals surface area contributed by atoms with Gasteiger partial charge in [-0.1, -0.05) is 18.2 Å². The zero-order valence-electron chi connectivity index (χ0n) is 18.2. The Hall–Kier alpha value is -3.35. The van der Waals surface area contributed by atoms with Gasteiger partial charge in [-0.05, 0) is 49.9 Å². The van der Waals surface area contributed by atoms with Gasteiger partial charge in [-0.2, -0.15) is 0 Å². The first-order valence-electron chi connectivity index (χ1n) is 11.4. The van der Waals surface area contributed by atoms with Gasteiger partial charge < -0.3 is 15.2 Å². The first kappa shape index (κ1) is 20.5. The van der Waals surface area contributed by atoms with E-state index in [1.54, 1.807) is 6.20 Å². The summed E-state index contributed by atoms with van der Waals surface area (Å²) in [6, 6.07) is 13.7. The van der Waals surface area contributed by atoms with Gasteiger partial charge in [-0.25, -0.2) is 4.98 Å². The number of para-hydroxylation sites is 2. The molecule has 7 nitrogen and oxygen atoms in total. The van der Waals surface area contributed by atoms with Crippen LogP contribution in [0.1, 0.15) is 37.3 Å². The van der Waals surface area contributed by atoms with Gasteiger partial charge in [0.1, 0.15) is 5.82 Å². The van der Waals surface area contributed by atoms with Crippen molar-refractivity contribution in [3.8, 4) is 0 Å². The molecule has 32 heavy (non-hydrogen) atoms. The molecule has 3 aromatic rings. The number of rotatable bonds is 5. The number of pyridine rings is 1. The van der Waals surface area contributed by atoms with Crippen LogP contribution in [0, 0.1) is 10.8 Å². The number of hydrogen-bond donors (Lipinski definition) is 1. The third kappa shape index (κ3) is 3.83. The number of piperidine rings is 2. The van der Waals surface area contributed by atoms with Crippen molar-refractivity contribution >= 4 is 29.0 Å². The Morgan fingerprint density at radius 2 is 1.78 bits per heavy atom. The molecule has 1 unspecified atom stereocenters. The predicted molar refractivity (Wildman–Crippen MR) is 125 cm³/mol. The monoisotopic (exact) mass is 428 g/mol. The van der Waals surface area contributed by atoms with E-state index in [1.807, 2.05) is 53.6 Å². The van der Waals surface area contributed by atoms with Gasteiger partial charge >= 0.3 is 0 Å². The van der Waals surface area contributed by atoms with E-state index in [0.717, 1.165) is 67.9 Å². The first-order valence-corrected chi connectivity index (χ1v) is 11.4. The number of hydrogen-bond acceptors (Lipinski definition) is 6. The van der Waals surface area contributed by atoms with E-state index in [9.17, 15) is 4.79 Å². The summed E-state index contributed by atoms with van der Waals surface area (Å²) in [6.07, 6.45) is 8.61. The minimum atomic E-state index is -0.296. The Balaban J connectivity index is 1.28. The second-order valence-corrected chi connectivity index (χ2v) is 8.87. The summed E-state index contributed by atoms with van der Waals surface area (Å²) in [7, 11) is 0. The largest absolute Gasteiger partial charge is 0.355 e. The molecule has 1 spiro atoms. The molecular weight excluding hydrogens is 400 g/mol.